The van der Waals surface area contributed by atoms with Gasteiger partial charge in [-0.3, -0.25) is 9.20 Å². The fourth-order valence-corrected chi connectivity index (χ4v) is 5.19. The van der Waals surface area contributed by atoms with Crippen LogP contribution in [0, 0.1) is 0 Å². The summed E-state index contributed by atoms with van der Waals surface area (Å²) in [5.74, 6) is 1.21. The van der Waals surface area contributed by atoms with Crippen LogP contribution >= 0.6 is 23.4 Å². The van der Waals surface area contributed by atoms with Gasteiger partial charge in [-0.1, -0.05) is 47.6 Å². The fraction of sp³-hybridized carbons (Fsp3) is 0.167. The number of H-pyrrole nitrogens is 1. The number of aromatic amines is 1. The second-order valence-electron chi connectivity index (χ2n) is 8.00. The zero-order valence-corrected chi connectivity index (χ0v) is 19.6. The number of furan rings is 1. The quantitative estimate of drug-likeness (QED) is 0.337. The summed E-state index contributed by atoms with van der Waals surface area (Å²) in [5, 5.41) is 14.5. The molecule has 1 amide bonds. The number of aromatic nitrogens is 4. The maximum atomic E-state index is 13.6. The van der Waals surface area contributed by atoms with Gasteiger partial charge in [-0.2, -0.15) is 5.10 Å². The summed E-state index contributed by atoms with van der Waals surface area (Å²) < 4.78 is 7.59. The molecule has 2 atom stereocenters. The number of benzene rings is 2. The van der Waals surface area contributed by atoms with Crippen molar-refractivity contribution in [2.24, 2.45) is 5.10 Å². The minimum atomic E-state index is -0.446. The number of carbonyl (C=O) groups excluding carboxylic acids is 1. The highest BCUT2D eigenvalue weighted by atomic mass is 35.5. The van der Waals surface area contributed by atoms with Crippen molar-refractivity contribution in [3.63, 3.8) is 0 Å². The highest BCUT2D eigenvalue weighted by Crippen LogP contribution is 2.36. The molecule has 0 radical (unpaired) electrons. The van der Waals surface area contributed by atoms with E-state index in [4.69, 9.17) is 21.1 Å². The Morgan fingerprint density at radius 2 is 2.00 bits per heavy atom. The highest BCUT2D eigenvalue weighted by Gasteiger charge is 2.37. The summed E-state index contributed by atoms with van der Waals surface area (Å²) in [7, 11) is 0. The van der Waals surface area contributed by atoms with Crippen molar-refractivity contribution in [3.8, 4) is 0 Å². The Hall–Kier alpha value is -3.56. The minimum Gasteiger partial charge on any atom is -0.467 e. The largest absolute Gasteiger partial charge is 0.467 e. The molecule has 34 heavy (non-hydrogen) atoms. The molecule has 10 heteroatoms. The van der Waals surface area contributed by atoms with Gasteiger partial charge in [-0.15, -0.1) is 5.10 Å². The zero-order valence-electron chi connectivity index (χ0n) is 18.1. The molecule has 0 spiro atoms. The summed E-state index contributed by atoms with van der Waals surface area (Å²) in [5.41, 5.74) is 3.54. The van der Waals surface area contributed by atoms with Crippen LogP contribution in [0.2, 0.25) is 5.02 Å². The lowest BCUT2D eigenvalue weighted by Gasteiger charge is -2.22. The van der Waals surface area contributed by atoms with Gasteiger partial charge in [-0.05, 0) is 48.9 Å². The number of amides is 1. The Balaban J connectivity index is 1.31. The molecule has 0 bridgehead atoms. The Morgan fingerprint density at radius 3 is 2.79 bits per heavy atom. The van der Waals surface area contributed by atoms with Crippen LogP contribution in [0.5, 0.6) is 0 Å². The standard InChI is InChI=1S/C24H19ClN6O2S/c1-14(34-24-28-27-23-26-17-5-2-3-6-19(17)30(23)24)22(32)31-20(21-7-4-12-33-21)13-18(29-31)15-8-10-16(25)11-9-15/h2-12,14,20H,13H2,1H3,(H,26,27). The van der Waals surface area contributed by atoms with E-state index >= 15 is 0 Å². The lowest BCUT2D eigenvalue weighted by Crippen LogP contribution is -2.33. The number of para-hydroxylation sites is 2. The first-order valence-corrected chi connectivity index (χ1v) is 12.0. The predicted molar refractivity (Wildman–Crippen MR) is 131 cm³/mol. The van der Waals surface area contributed by atoms with Crippen LogP contribution in [-0.4, -0.2) is 41.5 Å². The number of imidazole rings is 1. The van der Waals surface area contributed by atoms with Gasteiger partial charge >= 0.3 is 0 Å². The van der Waals surface area contributed by atoms with Gasteiger partial charge in [0.2, 0.25) is 5.78 Å². The van der Waals surface area contributed by atoms with Gasteiger partial charge in [0.15, 0.2) is 5.16 Å². The first-order valence-electron chi connectivity index (χ1n) is 10.8. The molecule has 6 rings (SSSR count). The molecule has 8 nitrogen and oxygen atoms in total. The highest BCUT2D eigenvalue weighted by molar-refractivity contribution is 8.00. The number of hydrazone groups is 1. The first-order chi connectivity index (χ1) is 16.6. The van der Waals surface area contributed by atoms with Gasteiger partial charge in [-0.25, -0.2) is 15.1 Å². The van der Waals surface area contributed by atoms with Gasteiger partial charge < -0.3 is 4.42 Å². The van der Waals surface area contributed by atoms with Crippen molar-refractivity contribution in [3.05, 3.63) is 83.3 Å². The molecule has 4 heterocycles. The minimum absolute atomic E-state index is 0.129. The van der Waals surface area contributed by atoms with E-state index in [0.29, 0.717) is 28.1 Å². The van der Waals surface area contributed by atoms with Crippen molar-refractivity contribution in [2.45, 2.75) is 29.8 Å². The summed E-state index contributed by atoms with van der Waals surface area (Å²) >= 11 is 7.41. The molecule has 0 fully saturated rings. The molecule has 0 saturated carbocycles. The van der Waals surface area contributed by atoms with Crippen LogP contribution in [-0.2, 0) is 4.79 Å². The van der Waals surface area contributed by atoms with E-state index < -0.39 is 5.25 Å². The van der Waals surface area contributed by atoms with Gasteiger partial charge in [0.05, 0.1) is 28.3 Å². The molecule has 3 aromatic heterocycles. The molecule has 170 valence electrons. The summed E-state index contributed by atoms with van der Waals surface area (Å²) in [6, 6.07) is 18.7. The van der Waals surface area contributed by atoms with Crippen molar-refractivity contribution in [1.82, 2.24) is 24.6 Å². The Bertz CT molecular complexity index is 1520. The normalized spacial score (nSPS) is 16.9. The molecular weight excluding hydrogens is 472 g/mol. The molecule has 1 N–H and O–H groups in total. The van der Waals surface area contributed by atoms with Gasteiger partial charge in [0.1, 0.15) is 11.8 Å². The van der Waals surface area contributed by atoms with E-state index in [1.54, 1.807) is 6.26 Å². The van der Waals surface area contributed by atoms with E-state index in [2.05, 4.69) is 15.2 Å². The third-order valence-electron chi connectivity index (χ3n) is 5.82. The number of halogens is 1. The average Bonchev–Trinajstić information content (AvgIpc) is 3.63. The number of hydrogen-bond acceptors (Lipinski definition) is 6. The molecule has 2 unspecified atom stereocenters. The van der Waals surface area contributed by atoms with Crippen LogP contribution in [0.15, 0.2) is 81.6 Å². The molecule has 5 aromatic rings. The monoisotopic (exact) mass is 490 g/mol. The SMILES string of the molecule is CC(Sc1n[nH]c2nc3ccccc3n12)C(=O)N1N=C(c2ccc(Cl)cc2)CC1c1ccco1. The molecule has 1 aliphatic heterocycles. The Kier molecular flexibility index (Phi) is 5.15. The van der Waals surface area contributed by atoms with Gasteiger partial charge in [0.25, 0.3) is 5.91 Å². The number of thioether (sulfide) groups is 1. The molecule has 0 saturated heterocycles. The van der Waals surface area contributed by atoms with Crippen molar-refractivity contribution >= 4 is 51.8 Å². The van der Waals surface area contributed by atoms with Crippen LogP contribution in [0.4, 0.5) is 0 Å². The van der Waals surface area contributed by atoms with E-state index in [9.17, 15) is 4.79 Å². The van der Waals surface area contributed by atoms with E-state index in [0.717, 1.165) is 22.3 Å². The lowest BCUT2D eigenvalue weighted by atomic mass is 10.0. The number of nitrogens with one attached hydrogen (secondary N) is 1. The van der Waals surface area contributed by atoms with Gasteiger partial charge in [0, 0.05) is 11.4 Å². The van der Waals surface area contributed by atoms with E-state index in [1.165, 1.54) is 16.8 Å². The van der Waals surface area contributed by atoms with Crippen LogP contribution < -0.4 is 0 Å². The average molecular weight is 491 g/mol. The maximum Gasteiger partial charge on any atom is 0.256 e. The topological polar surface area (TPSA) is 91.8 Å². The smallest absolute Gasteiger partial charge is 0.256 e. The lowest BCUT2D eigenvalue weighted by molar-refractivity contribution is -0.132. The summed E-state index contributed by atoms with van der Waals surface area (Å²) in [6.45, 7) is 1.86. The molecule has 0 aliphatic carbocycles. The Morgan fingerprint density at radius 1 is 1.18 bits per heavy atom. The maximum absolute atomic E-state index is 13.6. The van der Waals surface area contributed by atoms with Crippen LogP contribution in [0.3, 0.4) is 0 Å². The molecule has 1 aliphatic rings. The predicted octanol–water partition coefficient (Wildman–Crippen LogP) is 5.32. The summed E-state index contributed by atoms with van der Waals surface area (Å²) in [4.78, 5) is 18.2. The number of hydrogen-bond donors (Lipinski definition) is 1. The summed E-state index contributed by atoms with van der Waals surface area (Å²) in [6.07, 6.45) is 2.16. The van der Waals surface area contributed by atoms with E-state index in [-0.39, 0.29) is 11.9 Å². The van der Waals surface area contributed by atoms with Crippen molar-refractivity contribution in [1.29, 1.82) is 0 Å². The second kappa shape index (κ2) is 8.34. The van der Waals surface area contributed by atoms with Crippen molar-refractivity contribution in [2.75, 3.05) is 0 Å². The number of carbonyl (C=O) groups is 1. The van der Waals surface area contributed by atoms with Crippen molar-refractivity contribution < 1.29 is 9.21 Å². The molecule has 2 aromatic carbocycles. The zero-order chi connectivity index (χ0) is 23.2. The van der Waals surface area contributed by atoms with Crippen LogP contribution in [0.1, 0.15) is 30.7 Å². The first kappa shape index (κ1) is 21.0. The third-order valence-corrected chi connectivity index (χ3v) is 7.11. The fourth-order valence-electron chi connectivity index (χ4n) is 4.15. The third kappa shape index (κ3) is 3.57. The Labute approximate surface area is 203 Å². The number of fused-ring (bicyclic) bond motifs is 3. The molecular formula is C24H19ClN6O2S. The van der Waals surface area contributed by atoms with E-state index in [1.807, 2.05) is 72.0 Å². The second-order valence-corrected chi connectivity index (χ2v) is 9.74. The number of rotatable bonds is 5. The van der Waals surface area contributed by atoms with Crippen LogP contribution in [0.25, 0.3) is 16.8 Å². The number of nitrogens with zero attached hydrogens (tertiary/aromatic N) is 5.